The average Bonchev–Trinajstić information content (AvgIpc) is 3.24. The third-order valence-corrected chi connectivity index (χ3v) is 6.31. The van der Waals surface area contributed by atoms with Gasteiger partial charge in [0.1, 0.15) is 10.9 Å². The first kappa shape index (κ1) is 19.7. The average molecular weight is 482 g/mol. The first-order valence-electron chi connectivity index (χ1n) is 7.58. The monoisotopic (exact) mass is 481 g/mol. The second-order valence-electron chi connectivity index (χ2n) is 5.27. The molecule has 10 heteroatoms. The smallest absolute Gasteiger partial charge is 0.270 e. The predicted octanol–water partition coefficient (Wildman–Crippen LogP) is 3.17. The minimum Gasteiger partial charge on any atom is -0.283 e. The van der Waals surface area contributed by atoms with Crippen LogP contribution >= 0.6 is 51.2 Å². The zero-order valence-corrected chi connectivity index (χ0v) is 17.6. The van der Waals surface area contributed by atoms with E-state index in [2.05, 4.69) is 26.8 Å². The lowest BCUT2D eigenvalue weighted by atomic mass is 10.2. The summed E-state index contributed by atoms with van der Waals surface area (Å²) < 4.78 is 0.905. The Kier molecular flexibility index (Phi) is 6.42. The maximum Gasteiger partial charge on any atom is 0.270 e. The summed E-state index contributed by atoms with van der Waals surface area (Å²) >= 11 is 11.1. The molecule has 1 saturated heterocycles. The van der Waals surface area contributed by atoms with E-state index in [-0.39, 0.29) is 12.5 Å². The number of nitrogens with one attached hydrogen (secondary N) is 2. The molecule has 0 unspecified atom stereocenters. The number of hydrogen-bond acceptors (Lipinski definition) is 6. The Hall–Kier alpha value is -2.01. The summed E-state index contributed by atoms with van der Waals surface area (Å²) in [6.07, 6.45) is 1.75. The van der Waals surface area contributed by atoms with Gasteiger partial charge in [0.2, 0.25) is 0 Å². The minimum absolute atomic E-state index is 0.275. The molecule has 2 heterocycles. The highest BCUT2D eigenvalue weighted by atomic mass is 79.9. The van der Waals surface area contributed by atoms with E-state index in [1.165, 1.54) is 16.2 Å². The van der Waals surface area contributed by atoms with Gasteiger partial charge in [0.05, 0.1) is 10.5 Å². The highest BCUT2D eigenvalue weighted by molar-refractivity contribution is 9.10. The van der Waals surface area contributed by atoms with Crippen LogP contribution in [0.3, 0.4) is 0 Å². The summed E-state index contributed by atoms with van der Waals surface area (Å²) in [5.74, 6) is -1.35. The summed E-state index contributed by atoms with van der Waals surface area (Å²) in [6, 6.07) is 10.6. The van der Waals surface area contributed by atoms with Crippen molar-refractivity contribution < 1.29 is 14.4 Å². The summed E-state index contributed by atoms with van der Waals surface area (Å²) in [5, 5.41) is 1.91. The Morgan fingerprint density at radius 2 is 1.96 bits per heavy atom. The summed E-state index contributed by atoms with van der Waals surface area (Å²) in [4.78, 5) is 39.3. The molecule has 3 amide bonds. The highest BCUT2D eigenvalue weighted by Crippen LogP contribution is 2.32. The van der Waals surface area contributed by atoms with Gasteiger partial charge in [0.25, 0.3) is 17.7 Å². The second kappa shape index (κ2) is 8.79. The fourth-order valence-electron chi connectivity index (χ4n) is 2.16. The van der Waals surface area contributed by atoms with Crippen molar-refractivity contribution in [3.63, 3.8) is 0 Å². The van der Waals surface area contributed by atoms with Crippen LogP contribution in [0.1, 0.15) is 15.2 Å². The van der Waals surface area contributed by atoms with Crippen LogP contribution in [0.25, 0.3) is 6.08 Å². The Bertz CT molecular complexity index is 944. The molecule has 2 aromatic rings. The molecular weight excluding hydrogens is 470 g/mol. The van der Waals surface area contributed by atoms with Crippen molar-refractivity contribution >= 4 is 79.4 Å². The summed E-state index contributed by atoms with van der Waals surface area (Å²) in [7, 11) is 0. The van der Waals surface area contributed by atoms with E-state index in [0.29, 0.717) is 19.3 Å². The number of nitrogens with zero attached hydrogens (tertiary/aromatic N) is 1. The second-order valence-corrected chi connectivity index (χ2v) is 8.77. The number of carbonyl (C=O) groups is 3. The molecule has 138 valence electrons. The first-order chi connectivity index (χ1) is 13.0. The van der Waals surface area contributed by atoms with Crippen molar-refractivity contribution in [3.05, 3.63) is 61.6 Å². The largest absolute Gasteiger partial charge is 0.283 e. The van der Waals surface area contributed by atoms with E-state index in [4.69, 9.17) is 12.2 Å². The molecule has 27 heavy (non-hydrogen) atoms. The van der Waals surface area contributed by atoms with Crippen molar-refractivity contribution in [3.8, 4) is 0 Å². The van der Waals surface area contributed by atoms with Gasteiger partial charge in [-0.25, -0.2) is 0 Å². The number of rotatable bonds is 4. The van der Waals surface area contributed by atoms with E-state index in [1.54, 1.807) is 30.3 Å². The van der Waals surface area contributed by atoms with E-state index in [1.807, 2.05) is 17.5 Å². The quantitative estimate of drug-likeness (QED) is 0.398. The van der Waals surface area contributed by atoms with Crippen molar-refractivity contribution in [2.75, 3.05) is 6.54 Å². The number of thioether (sulfide) groups is 1. The molecule has 1 aromatic heterocycles. The number of benzene rings is 1. The number of carbonyl (C=O) groups excluding carboxylic acids is 3. The van der Waals surface area contributed by atoms with Gasteiger partial charge in [-0.15, -0.1) is 11.3 Å². The predicted molar refractivity (Wildman–Crippen MR) is 114 cm³/mol. The van der Waals surface area contributed by atoms with Gasteiger partial charge in [0.15, 0.2) is 0 Å². The Morgan fingerprint density at radius 1 is 1.19 bits per heavy atom. The third-order valence-electron chi connectivity index (χ3n) is 3.43. The molecule has 0 radical (unpaired) electrons. The van der Waals surface area contributed by atoms with Crippen molar-refractivity contribution in [2.45, 2.75) is 0 Å². The third kappa shape index (κ3) is 4.83. The summed E-state index contributed by atoms with van der Waals surface area (Å²) in [6.45, 7) is -0.275. The molecule has 1 aliphatic rings. The van der Waals surface area contributed by atoms with Crippen LogP contribution in [-0.2, 0) is 9.59 Å². The van der Waals surface area contributed by atoms with Gasteiger partial charge < -0.3 is 0 Å². The number of amides is 3. The fraction of sp³-hybridized carbons (Fsp3) is 0.0588. The van der Waals surface area contributed by atoms with Gasteiger partial charge >= 0.3 is 0 Å². The molecule has 1 aliphatic heterocycles. The number of halogens is 1. The van der Waals surface area contributed by atoms with Crippen LogP contribution in [0.2, 0.25) is 0 Å². The maximum absolute atomic E-state index is 12.5. The van der Waals surface area contributed by atoms with Gasteiger partial charge in [-0.2, -0.15) is 0 Å². The number of thiocarbonyl (C=S) groups is 1. The molecule has 2 N–H and O–H groups in total. The van der Waals surface area contributed by atoms with Crippen molar-refractivity contribution in [2.24, 2.45) is 0 Å². The standard InChI is InChI=1S/C17H12BrN3O3S3/c18-12-6-2-1-5-11(12)15(23)20-19-14(22)9-21-16(24)13(27-17(21)25)8-10-4-3-7-26-10/h1-8H,9H2,(H,19,22)(H,20,23)/b13-8+. The van der Waals surface area contributed by atoms with Gasteiger partial charge in [0, 0.05) is 9.35 Å². The normalized spacial score (nSPS) is 15.3. The zero-order chi connectivity index (χ0) is 19.4. The molecule has 6 nitrogen and oxygen atoms in total. The molecule has 0 saturated carbocycles. The summed E-state index contributed by atoms with van der Waals surface area (Å²) in [5.41, 5.74) is 5.00. The number of hydrazine groups is 1. The lowest BCUT2D eigenvalue weighted by Crippen LogP contribution is -2.47. The topological polar surface area (TPSA) is 78.5 Å². The molecule has 0 spiro atoms. The highest BCUT2D eigenvalue weighted by Gasteiger charge is 2.33. The number of hydrogen-bond donors (Lipinski definition) is 2. The lowest BCUT2D eigenvalue weighted by molar-refractivity contribution is -0.129. The molecule has 0 aliphatic carbocycles. The molecule has 3 rings (SSSR count). The molecular formula is C17H12BrN3O3S3. The molecule has 1 aromatic carbocycles. The van der Waals surface area contributed by atoms with Gasteiger partial charge in [-0.05, 0) is 45.6 Å². The first-order valence-corrected chi connectivity index (χ1v) is 10.5. The van der Waals surface area contributed by atoms with Crippen LogP contribution < -0.4 is 10.9 Å². The fourth-order valence-corrected chi connectivity index (χ4v) is 4.60. The van der Waals surface area contributed by atoms with Crippen LogP contribution in [-0.4, -0.2) is 33.5 Å². The Balaban J connectivity index is 1.58. The van der Waals surface area contributed by atoms with Crippen LogP contribution in [0.5, 0.6) is 0 Å². The van der Waals surface area contributed by atoms with E-state index in [9.17, 15) is 14.4 Å². The molecule has 0 atom stereocenters. The van der Waals surface area contributed by atoms with Crippen LogP contribution in [0.15, 0.2) is 51.2 Å². The maximum atomic E-state index is 12.5. The minimum atomic E-state index is -0.552. The SMILES string of the molecule is O=C(CN1C(=O)/C(=C\c2cccs2)SC1=S)NNC(=O)c1ccccc1Br. The van der Waals surface area contributed by atoms with E-state index >= 15 is 0 Å². The van der Waals surface area contributed by atoms with E-state index < -0.39 is 11.8 Å². The Morgan fingerprint density at radius 3 is 2.67 bits per heavy atom. The van der Waals surface area contributed by atoms with Gasteiger partial charge in [-0.3, -0.25) is 30.1 Å². The van der Waals surface area contributed by atoms with Gasteiger partial charge in [-0.1, -0.05) is 42.2 Å². The molecule has 1 fully saturated rings. The van der Waals surface area contributed by atoms with Crippen molar-refractivity contribution in [1.29, 1.82) is 0 Å². The lowest BCUT2D eigenvalue weighted by Gasteiger charge is -2.14. The van der Waals surface area contributed by atoms with Crippen LogP contribution in [0, 0.1) is 0 Å². The van der Waals surface area contributed by atoms with Crippen LogP contribution in [0.4, 0.5) is 0 Å². The Labute approximate surface area is 177 Å². The van der Waals surface area contributed by atoms with Crippen molar-refractivity contribution in [1.82, 2.24) is 15.8 Å². The van der Waals surface area contributed by atoms with E-state index in [0.717, 1.165) is 16.6 Å². The molecule has 0 bridgehead atoms. The zero-order valence-electron chi connectivity index (χ0n) is 13.6. The number of thiophene rings is 1.